The predicted molar refractivity (Wildman–Crippen MR) is 92.1 cm³/mol. The van der Waals surface area contributed by atoms with E-state index < -0.39 is 0 Å². The van der Waals surface area contributed by atoms with Gasteiger partial charge in [0.2, 0.25) is 0 Å². The van der Waals surface area contributed by atoms with Gasteiger partial charge in [-0.2, -0.15) is 0 Å². The Kier molecular flexibility index (Phi) is 4.31. The van der Waals surface area contributed by atoms with Crippen LogP contribution in [0.4, 0.5) is 5.69 Å². The summed E-state index contributed by atoms with van der Waals surface area (Å²) in [6, 6.07) is 23.4. The highest BCUT2D eigenvalue weighted by Crippen LogP contribution is 2.30. The molecule has 3 rings (SSSR count). The fourth-order valence-electron chi connectivity index (χ4n) is 2.26. The molecule has 0 radical (unpaired) electrons. The SMILES string of the molecule is Nc1cc(OCc2ccccc2)ccc1-c1ccc(Cl)cc1. The molecule has 0 aromatic heterocycles. The molecule has 3 aromatic carbocycles. The number of halogens is 1. The van der Waals surface area contributed by atoms with E-state index in [4.69, 9.17) is 22.1 Å². The van der Waals surface area contributed by atoms with Crippen LogP contribution in [0.15, 0.2) is 72.8 Å². The summed E-state index contributed by atoms with van der Waals surface area (Å²) in [5.74, 6) is 0.763. The molecule has 0 unspecified atom stereocenters. The van der Waals surface area contributed by atoms with Crippen LogP contribution in [0.3, 0.4) is 0 Å². The second-order valence-corrected chi connectivity index (χ2v) is 5.47. The van der Waals surface area contributed by atoms with Crippen LogP contribution in [0.1, 0.15) is 5.56 Å². The maximum atomic E-state index is 6.15. The molecule has 0 aliphatic heterocycles. The molecule has 0 aliphatic rings. The van der Waals surface area contributed by atoms with Crippen LogP contribution in [-0.4, -0.2) is 0 Å². The molecule has 0 heterocycles. The third kappa shape index (κ3) is 3.41. The third-order valence-corrected chi connectivity index (χ3v) is 3.68. The lowest BCUT2D eigenvalue weighted by Crippen LogP contribution is -1.97. The van der Waals surface area contributed by atoms with Crippen molar-refractivity contribution in [2.45, 2.75) is 6.61 Å². The number of anilines is 1. The van der Waals surface area contributed by atoms with E-state index in [1.807, 2.05) is 72.8 Å². The first-order valence-corrected chi connectivity index (χ1v) is 7.42. The average molecular weight is 310 g/mol. The molecular weight excluding hydrogens is 294 g/mol. The monoisotopic (exact) mass is 309 g/mol. The maximum absolute atomic E-state index is 6.15. The van der Waals surface area contributed by atoms with E-state index in [1.54, 1.807) is 0 Å². The number of benzene rings is 3. The molecule has 0 fully saturated rings. The van der Waals surface area contributed by atoms with Crippen LogP contribution in [-0.2, 0) is 6.61 Å². The summed E-state index contributed by atoms with van der Waals surface area (Å²) in [5, 5.41) is 0.713. The quantitative estimate of drug-likeness (QED) is 0.675. The molecule has 110 valence electrons. The predicted octanol–water partition coefficient (Wildman–Crippen LogP) is 5.17. The van der Waals surface area contributed by atoms with Gasteiger partial charge in [-0.15, -0.1) is 0 Å². The Morgan fingerprint density at radius 2 is 1.59 bits per heavy atom. The zero-order valence-electron chi connectivity index (χ0n) is 12.0. The van der Waals surface area contributed by atoms with Crippen molar-refractivity contribution in [3.63, 3.8) is 0 Å². The van der Waals surface area contributed by atoms with Crippen molar-refractivity contribution < 1.29 is 4.74 Å². The molecule has 2 N–H and O–H groups in total. The highest BCUT2D eigenvalue weighted by atomic mass is 35.5. The lowest BCUT2D eigenvalue weighted by molar-refractivity contribution is 0.306. The molecule has 0 saturated heterocycles. The Morgan fingerprint density at radius 1 is 0.864 bits per heavy atom. The van der Waals surface area contributed by atoms with Gasteiger partial charge in [-0.05, 0) is 35.4 Å². The van der Waals surface area contributed by atoms with Crippen molar-refractivity contribution in [2.75, 3.05) is 5.73 Å². The molecule has 0 saturated carbocycles. The molecule has 0 amide bonds. The number of nitrogens with two attached hydrogens (primary N) is 1. The first kappa shape index (κ1) is 14.5. The van der Waals surface area contributed by atoms with E-state index in [1.165, 1.54) is 0 Å². The average Bonchev–Trinajstić information content (AvgIpc) is 2.55. The van der Waals surface area contributed by atoms with Crippen LogP contribution in [0, 0.1) is 0 Å². The van der Waals surface area contributed by atoms with E-state index in [0.717, 1.165) is 22.4 Å². The summed E-state index contributed by atoms with van der Waals surface area (Å²) in [5.41, 5.74) is 9.98. The summed E-state index contributed by atoms with van der Waals surface area (Å²) in [7, 11) is 0. The molecule has 0 atom stereocenters. The summed E-state index contributed by atoms with van der Waals surface area (Å²) < 4.78 is 5.78. The summed E-state index contributed by atoms with van der Waals surface area (Å²) in [4.78, 5) is 0. The Hall–Kier alpha value is -2.45. The third-order valence-electron chi connectivity index (χ3n) is 3.43. The van der Waals surface area contributed by atoms with Gasteiger partial charge in [-0.25, -0.2) is 0 Å². The lowest BCUT2D eigenvalue weighted by atomic mass is 10.0. The van der Waals surface area contributed by atoms with Crippen LogP contribution < -0.4 is 10.5 Å². The van der Waals surface area contributed by atoms with Gasteiger partial charge in [0, 0.05) is 22.3 Å². The largest absolute Gasteiger partial charge is 0.489 e. The Labute approximate surface area is 135 Å². The molecule has 22 heavy (non-hydrogen) atoms. The van der Waals surface area contributed by atoms with Gasteiger partial charge in [0.05, 0.1) is 0 Å². The van der Waals surface area contributed by atoms with Crippen LogP contribution in [0.25, 0.3) is 11.1 Å². The van der Waals surface area contributed by atoms with E-state index >= 15 is 0 Å². The fourth-order valence-corrected chi connectivity index (χ4v) is 2.39. The second kappa shape index (κ2) is 6.54. The minimum absolute atomic E-state index is 0.528. The van der Waals surface area contributed by atoms with Crippen LogP contribution in [0.5, 0.6) is 5.75 Å². The smallest absolute Gasteiger partial charge is 0.121 e. The molecular formula is C19H16ClNO. The van der Waals surface area contributed by atoms with Crippen molar-refractivity contribution in [1.82, 2.24) is 0 Å². The van der Waals surface area contributed by atoms with Crippen molar-refractivity contribution in [3.05, 3.63) is 83.4 Å². The van der Waals surface area contributed by atoms with Crippen molar-refractivity contribution >= 4 is 17.3 Å². The van der Waals surface area contributed by atoms with Crippen LogP contribution in [0.2, 0.25) is 5.02 Å². The Morgan fingerprint density at radius 3 is 2.27 bits per heavy atom. The minimum Gasteiger partial charge on any atom is -0.489 e. The first-order valence-electron chi connectivity index (χ1n) is 7.04. The van der Waals surface area contributed by atoms with Crippen LogP contribution >= 0.6 is 11.6 Å². The molecule has 0 aliphatic carbocycles. The van der Waals surface area contributed by atoms with Gasteiger partial charge in [0.15, 0.2) is 0 Å². The maximum Gasteiger partial charge on any atom is 0.121 e. The Bertz CT molecular complexity index is 754. The van der Waals surface area contributed by atoms with Gasteiger partial charge in [-0.1, -0.05) is 54.1 Å². The van der Waals surface area contributed by atoms with Crippen molar-refractivity contribution in [3.8, 4) is 16.9 Å². The molecule has 3 heteroatoms. The van der Waals surface area contributed by atoms with E-state index in [2.05, 4.69) is 0 Å². The number of rotatable bonds is 4. The zero-order chi connectivity index (χ0) is 15.4. The number of hydrogen-bond donors (Lipinski definition) is 1. The van der Waals surface area contributed by atoms with Gasteiger partial charge < -0.3 is 10.5 Å². The normalized spacial score (nSPS) is 10.4. The lowest BCUT2D eigenvalue weighted by Gasteiger charge is -2.10. The van der Waals surface area contributed by atoms with Crippen molar-refractivity contribution in [1.29, 1.82) is 0 Å². The number of hydrogen-bond acceptors (Lipinski definition) is 2. The molecule has 0 spiro atoms. The zero-order valence-corrected chi connectivity index (χ0v) is 12.8. The summed E-state index contributed by atoms with van der Waals surface area (Å²) in [6.07, 6.45) is 0. The van der Waals surface area contributed by atoms with Crippen molar-refractivity contribution in [2.24, 2.45) is 0 Å². The molecule has 3 aromatic rings. The van der Waals surface area contributed by atoms with E-state index in [-0.39, 0.29) is 0 Å². The summed E-state index contributed by atoms with van der Waals surface area (Å²) in [6.45, 7) is 0.528. The molecule has 0 bridgehead atoms. The minimum atomic E-state index is 0.528. The first-order chi connectivity index (χ1) is 10.7. The summed E-state index contributed by atoms with van der Waals surface area (Å²) >= 11 is 5.91. The highest BCUT2D eigenvalue weighted by Gasteiger charge is 2.05. The highest BCUT2D eigenvalue weighted by molar-refractivity contribution is 6.30. The Balaban J connectivity index is 1.76. The standard InChI is InChI=1S/C19H16ClNO/c20-16-8-6-15(7-9-16)18-11-10-17(12-19(18)21)22-13-14-4-2-1-3-5-14/h1-12H,13,21H2. The van der Waals surface area contributed by atoms with Gasteiger partial charge >= 0.3 is 0 Å². The number of ether oxygens (including phenoxy) is 1. The number of nitrogen functional groups attached to an aromatic ring is 1. The van der Waals surface area contributed by atoms with E-state index in [9.17, 15) is 0 Å². The van der Waals surface area contributed by atoms with Gasteiger partial charge in [-0.3, -0.25) is 0 Å². The van der Waals surface area contributed by atoms with Gasteiger partial charge in [0.1, 0.15) is 12.4 Å². The van der Waals surface area contributed by atoms with Gasteiger partial charge in [0.25, 0.3) is 0 Å². The fraction of sp³-hybridized carbons (Fsp3) is 0.0526. The molecule has 2 nitrogen and oxygen atoms in total. The second-order valence-electron chi connectivity index (χ2n) is 5.03. The van der Waals surface area contributed by atoms with E-state index in [0.29, 0.717) is 17.3 Å². The topological polar surface area (TPSA) is 35.2 Å².